The Morgan fingerprint density at radius 1 is 1.26 bits per heavy atom. The summed E-state index contributed by atoms with van der Waals surface area (Å²) in [7, 11) is 0. The summed E-state index contributed by atoms with van der Waals surface area (Å²) >= 11 is 3.27. The van der Waals surface area contributed by atoms with Gasteiger partial charge in [0, 0.05) is 34.1 Å². The van der Waals surface area contributed by atoms with E-state index in [0.717, 1.165) is 21.7 Å². The smallest absolute Gasteiger partial charge is 0.251 e. The predicted octanol–water partition coefficient (Wildman–Crippen LogP) is 4.46. The van der Waals surface area contributed by atoms with E-state index in [4.69, 9.17) is 0 Å². The van der Waals surface area contributed by atoms with Crippen LogP contribution in [0.15, 0.2) is 64.3 Å². The van der Waals surface area contributed by atoms with Gasteiger partial charge in [-0.15, -0.1) is 11.8 Å². The van der Waals surface area contributed by atoms with E-state index in [2.05, 4.69) is 15.7 Å². The zero-order valence-electron chi connectivity index (χ0n) is 12.7. The first-order valence-corrected chi connectivity index (χ1v) is 9.33. The number of carbonyl (C=O) groups excluding carboxylic acids is 1. The minimum atomic E-state index is -0.0685. The van der Waals surface area contributed by atoms with Crippen molar-refractivity contribution in [2.75, 3.05) is 6.26 Å². The number of thioether (sulfide) groups is 1. The molecule has 0 atom stereocenters. The first kappa shape index (κ1) is 15.8. The molecule has 3 aromatic rings. The van der Waals surface area contributed by atoms with E-state index >= 15 is 0 Å². The highest BCUT2D eigenvalue weighted by Crippen LogP contribution is 2.23. The monoisotopic (exact) mass is 340 g/mol. The van der Waals surface area contributed by atoms with Gasteiger partial charge in [0.2, 0.25) is 0 Å². The number of aromatic nitrogens is 1. The van der Waals surface area contributed by atoms with Crippen molar-refractivity contribution in [3.8, 4) is 11.3 Å². The lowest BCUT2D eigenvalue weighted by Crippen LogP contribution is -2.23. The third kappa shape index (κ3) is 3.81. The number of hydrogen-bond donors (Lipinski definition) is 1. The molecule has 0 bridgehead atoms. The minimum absolute atomic E-state index is 0.0685. The zero-order valence-corrected chi connectivity index (χ0v) is 14.3. The first-order valence-electron chi connectivity index (χ1n) is 7.16. The van der Waals surface area contributed by atoms with Crippen LogP contribution in [0.1, 0.15) is 15.9 Å². The van der Waals surface area contributed by atoms with Gasteiger partial charge in [-0.2, -0.15) is 11.3 Å². The van der Waals surface area contributed by atoms with E-state index in [9.17, 15) is 4.79 Å². The van der Waals surface area contributed by atoms with Gasteiger partial charge in [-0.25, -0.2) is 0 Å². The van der Waals surface area contributed by atoms with Crippen molar-refractivity contribution in [2.24, 2.45) is 0 Å². The Kier molecular flexibility index (Phi) is 5.10. The molecule has 23 heavy (non-hydrogen) atoms. The van der Waals surface area contributed by atoms with Crippen molar-refractivity contribution >= 4 is 29.0 Å². The number of pyridine rings is 1. The second-order valence-corrected chi connectivity index (χ2v) is 6.60. The predicted molar refractivity (Wildman–Crippen MR) is 96.9 cm³/mol. The molecule has 0 saturated heterocycles. The van der Waals surface area contributed by atoms with Crippen LogP contribution in [0, 0.1) is 0 Å². The Morgan fingerprint density at radius 2 is 2.17 bits per heavy atom. The highest BCUT2D eigenvalue weighted by molar-refractivity contribution is 7.98. The summed E-state index contributed by atoms with van der Waals surface area (Å²) in [4.78, 5) is 17.9. The zero-order chi connectivity index (χ0) is 16.1. The average Bonchev–Trinajstić information content (AvgIpc) is 3.14. The van der Waals surface area contributed by atoms with Crippen LogP contribution in [-0.4, -0.2) is 17.1 Å². The molecular weight excluding hydrogens is 324 g/mol. The number of hydrogen-bond acceptors (Lipinski definition) is 4. The normalized spacial score (nSPS) is 10.5. The molecule has 0 aliphatic rings. The highest BCUT2D eigenvalue weighted by atomic mass is 32.2. The van der Waals surface area contributed by atoms with Gasteiger partial charge in [0.1, 0.15) is 0 Å². The highest BCUT2D eigenvalue weighted by Gasteiger charge is 2.10. The molecule has 0 aliphatic carbocycles. The molecule has 1 aromatic carbocycles. The molecule has 116 valence electrons. The van der Waals surface area contributed by atoms with Gasteiger partial charge in [-0.3, -0.25) is 9.78 Å². The third-order valence-electron chi connectivity index (χ3n) is 3.46. The summed E-state index contributed by atoms with van der Waals surface area (Å²) in [6.45, 7) is 0.460. The summed E-state index contributed by atoms with van der Waals surface area (Å²) < 4.78 is 0. The Hall–Kier alpha value is -2.11. The summed E-state index contributed by atoms with van der Waals surface area (Å²) in [5.74, 6) is -0.0685. The topological polar surface area (TPSA) is 42.0 Å². The number of benzene rings is 1. The Bertz CT molecular complexity index is 800. The van der Waals surface area contributed by atoms with Crippen LogP contribution in [0.5, 0.6) is 0 Å². The molecule has 3 nitrogen and oxygen atoms in total. The summed E-state index contributed by atoms with van der Waals surface area (Å²) in [6.07, 6.45) is 3.78. The fourth-order valence-corrected chi connectivity index (χ4v) is 3.38. The summed E-state index contributed by atoms with van der Waals surface area (Å²) in [5.41, 5.74) is 3.70. The quantitative estimate of drug-likeness (QED) is 0.697. The lowest BCUT2D eigenvalue weighted by molar-refractivity contribution is 0.0950. The Balaban J connectivity index is 1.75. The van der Waals surface area contributed by atoms with Crippen molar-refractivity contribution in [2.45, 2.75) is 11.4 Å². The van der Waals surface area contributed by atoms with Crippen molar-refractivity contribution in [3.05, 3.63) is 70.5 Å². The van der Waals surface area contributed by atoms with Crippen molar-refractivity contribution in [1.82, 2.24) is 10.3 Å². The molecule has 3 rings (SSSR count). The number of nitrogens with one attached hydrogen (secondary N) is 1. The molecule has 0 fully saturated rings. The van der Waals surface area contributed by atoms with Crippen LogP contribution in [-0.2, 0) is 6.54 Å². The van der Waals surface area contributed by atoms with E-state index in [-0.39, 0.29) is 5.91 Å². The molecule has 0 unspecified atom stereocenters. The van der Waals surface area contributed by atoms with Crippen LogP contribution in [0.25, 0.3) is 11.3 Å². The second-order valence-electron chi connectivity index (χ2n) is 4.94. The maximum absolute atomic E-state index is 12.3. The molecule has 2 heterocycles. The Morgan fingerprint density at radius 3 is 2.96 bits per heavy atom. The van der Waals surface area contributed by atoms with Crippen LogP contribution in [0.2, 0.25) is 0 Å². The van der Waals surface area contributed by atoms with Crippen molar-refractivity contribution in [3.63, 3.8) is 0 Å². The molecular formula is C18H16N2OS2. The fourth-order valence-electron chi connectivity index (χ4n) is 2.28. The van der Waals surface area contributed by atoms with E-state index < -0.39 is 0 Å². The van der Waals surface area contributed by atoms with E-state index in [0.29, 0.717) is 12.1 Å². The van der Waals surface area contributed by atoms with Crippen LogP contribution < -0.4 is 5.32 Å². The molecule has 2 aromatic heterocycles. The fraction of sp³-hybridized carbons (Fsp3) is 0.111. The minimum Gasteiger partial charge on any atom is -0.348 e. The average molecular weight is 340 g/mol. The van der Waals surface area contributed by atoms with Gasteiger partial charge in [0.05, 0.1) is 5.69 Å². The maximum atomic E-state index is 12.3. The standard InChI is InChI=1S/C18H16N2OS2/c1-22-16-6-2-4-13(10-16)18(21)20-11-14-5-3-8-19-17(14)15-7-9-23-12-15/h2-10,12H,11H2,1H3,(H,20,21). The van der Waals surface area contributed by atoms with Gasteiger partial charge < -0.3 is 5.32 Å². The maximum Gasteiger partial charge on any atom is 0.251 e. The van der Waals surface area contributed by atoms with Gasteiger partial charge in [-0.05, 0) is 47.5 Å². The second kappa shape index (κ2) is 7.44. The lowest BCUT2D eigenvalue weighted by atomic mass is 10.1. The summed E-state index contributed by atoms with van der Waals surface area (Å²) in [5, 5.41) is 7.08. The molecule has 0 saturated carbocycles. The lowest BCUT2D eigenvalue weighted by Gasteiger charge is -2.09. The molecule has 0 radical (unpaired) electrons. The molecule has 0 aliphatic heterocycles. The molecule has 1 N–H and O–H groups in total. The van der Waals surface area contributed by atoms with E-state index in [1.54, 1.807) is 29.3 Å². The van der Waals surface area contributed by atoms with Gasteiger partial charge in [0.25, 0.3) is 5.91 Å². The van der Waals surface area contributed by atoms with Crippen LogP contribution >= 0.6 is 23.1 Å². The number of amides is 1. The largest absolute Gasteiger partial charge is 0.348 e. The van der Waals surface area contributed by atoms with Gasteiger partial charge in [0.15, 0.2) is 0 Å². The molecule has 5 heteroatoms. The third-order valence-corrected chi connectivity index (χ3v) is 4.87. The number of carbonyl (C=O) groups is 1. The SMILES string of the molecule is CSc1cccc(C(=O)NCc2cccnc2-c2ccsc2)c1. The van der Waals surface area contributed by atoms with E-state index in [1.165, 1.54) is 0 Å². The summed E-state index contributed by atoms with van der Waals surface area (Å²) in [6, 6.07) is 13.6. The number of nitrogens with zero attached hydrogens (tertiary/aromatic N) is 1. The number of thiophene rings is 1. The van der Waals surface area contributed by atoms with Gasteiger partial charge in [-0.1, -0.05) is 12.1 Å². The van der Waals surface area contributed by atoms with Crippen LogP contribution in [0.3, 0.4) is 0 Å². The van der Waals surface area contributed by atoms with Crippen LogP contribution in [0.4, 0.5) is 0 Å². The molecule has 1 amide bonds. The van der Waals surface area contributed by atoms with Gasteiger partial charge >= 0.3 is 0 Å². The van der Waals surface area contributed by atoms with Crippen molar-refractivity contribution in [1.29, 1.82) is 0 Å². The number of rotatable bonds is 5. The van der Waals surface area contributed by atoms with E-state index in [1.807, 2.05) is 54.1 Å². The van der Waals surface area contributed by atoms with Crippen molar-refractivity contribution < 1.29 is 4.79 Å². The Labute approximate surface area is 143 Å². The first-order chi connectivity index (χ1) is 11.3. The molecule has 0 spiro atoms.